The molecule has 0 bridgehead atoms. The van der Waals surface area contributed by atoms with Gasteiger partial charge < -0.3 is 25.6 Å². The molecule has 0 aliphatic rings. The monoisotopic (exact) mass is 470 g/mol. The van der Waals surface area contributed by atoms with Crippen molar-refractivity contribution in [3.8, 4) is 5.75 Å². The summed E-state index contributed by atoms with van der Waals surface area (Å²) in [6.45, 7) is 4.33. The van der Waals surface area contributed by atoms with Crippen LogP contribution in [0.4, 0.5) is 0 Å². The zero-order chi connectivity index (χ0) is 24.9. The topological polar surface area (TPSA) is 108 Å². The summed E-state index contributed by atoms with van der Waals surface area (Å²) < 4.78 is 5.16. The number of aliphatic carboxylic acids is 1. The van der Waals surface area contributed by atoms with Gasteiger partial charge in [-0.2, -0.15) is 0 Å². The highest BCUT2D eigenvalue weighted by Crippen LogP contribution is 2.25. The van der Waals surface area contributed by atoms with E-state index in [-0.39, 0.29) is 12.3 Å². The number of hydrogen-bond donors (Lipinski definition) is 4. The third kappa shape index (κ3) is 9.15. The first kappa shape index (κ1) is 27.3. The van der Waals surface area contributed by atoms with Crippen molar-refractivity contribution in [3.05, 3.63) is 65.7 Å². The molecule has 2 aromatic rings. The molecule has 0 heterocycles. The maximum Gasteiger partial charge on any atom is 0.305 e. The normalized spacial score (nSPS) is 14.6. The highest BCUT2D eigenvalue weighted by molar-refractivity contribution is 5.86. The molecule has 2 rings (SSSR count). The standard InChI is InChI=1S/C27H38N2O5/c1-4-21(22-10-6-5-7-11-22)17-25(30)19(2)29-27(33)24(18-26(31)32)28-16-8-9-20-12-14-23(34-3)15-13-20/h5-7,10-15,19,21,24-25,28,30H,4,8-9,16-18H2,1-3H3,(H,29,33)(H,31,32). The summed E-state index contributed by atoms with van der Waals surface area (Å²) in [7, 11) is 1.62. The highest BCUT2D eigenvalue weighted by Gasteiger charge is 2.26. The third-order valence-corrected chi connectivity index (χ3v) is 6.12. The number of benzene rings is 2. The lowest BCUT2D eigenvalue weighted by Gasteiger charge is -2.26. The molecule has 7 nitrogen and oxygen atoms in total. The number of rotatable bonds is 15. The van der Waals surface area contributed by atoms with Crippen LogP contribution < -0.4 is 15.4 Å². The molecule has 2 aromatic carbocycles. The first-order valence-electron chi connectivity index (χ1n) is 12.0. The van der Waals surface area contributed by atoms with Gasteiger partial charge in [0, 0.05) is 0 Å². The van der Waals surface area contributed by atoms with Crippen molar-refractivity contribution in [3.63, 3.8) is 0 Å². The Morgan fingerprint density at radius 1 is 1.06 bits per heavy atom. The van der Waals surface area contributed by atoms with Gasteiger partial charge in [-0.05, 0) is 68.3 Å². The third-order valence-electron chi connectivity index (χ3n) is 6.12. The van der Waals surface area contributed by atoms with Crippen LogP contribution in [0.3, 0.4) is 0 Å². The molecule has 186 valence electrons. The van der Waals surface area contributed by atoms with Gasteiger partial charge in [0.25, 0.3) is 0 Å². The molecule has 1 amide bonds. The number of amides is 1. The number of carbonyl (C=O) groups is 2. The van der Waals surface area contributed by atoms with E-state index in [0.717, 1.165) is 36.1 Å². The molecule has 0 aliphatic carbocycles. The molecule has 0 fully saturated rings. The van der Waals surface area contributed by atoms with Crippen LogP contribution in [0.1, 0.15) is 56.6 Å². The Balaban J connectivity index is 1.85. The quantitative estimate of drug-likeness (QED) is 0.297. The number of aryl methyl sites for hydroxylation is 1. The molecule has 0 saturated carbocycles. The average Bonchev–Trinajstić information content (AvgIpc) is 2.84. The van der Waals surface area contributed by atoms with Gasteiger partial charge in [-0.3, -0.25) is 9.59 Å². The Morgan fingerprint density at radius 2 is 1.74 bits per heavy atom. The van der Waals surface area contributed by atoms with Gasteiger partial charge in [0.05, 0.1) is 31.7 Å². The van der Waals surface area contributed by atoms with Gasteiger partial charge in [0.1, 0.15) is 5.75 Å². The first-order chi connectivity index (χ1) is 16.3. The van der Waals surface area contributed by atoms with Crippen LogP contribution in [0.15, 0.2) is 54.6 Å². The minimum absolute atomic E-state index is 0.182. The molecule has 0 spiro atoms. The van der Waals surface area contributed by atoms with Crippen molar-refractivity contribution in [1.82, 2.24) is 10.6 Å². The van der Waals surface area contributed by atoms with Crippen LogP contribution in [-0.4, -0.2) is 53.9 Å². The molecule has 4 N–H and O–H groups in total. The fourth-order valence-electron chi connectivity index (χ4n) is 3.97. The fraction of sp³-hybridized carbons (Fsp3) is 0.481. The Labute approximate surface area is 202 Å². The van der Waals surface area contributed by atoms with Gasteiger partial charge in [-0.25, -0.2) is 0 Å². The average molecular weight is 471 g/mol. The fourth-order valence-corrected chi connectivity index (χ4v) is 3.97. The largest absolute Gasteiger partial charge is 0.497 e. The predicted molar refractivity (Wildman–Crippen MR) is 133 cm³/mol. The zero-order valence-corrected chi connectivity index (χ0v) is 20.4. The van der Waals surface area contributed by atoms with Gasteiger partial charge in [0.2, 0.25) is 5.91 Å². The van der Waals surface area contributed by atoms with Crippen molar-refractivity contribution < 1.29 is 24.5 Å². The minimum Gasteiger partial charge on any atom is -0.497 e. The minimum atomic E-state index is -1.05. The summed E-state index contributed by atoms with van der Waals surface area (Å²) in [4.78, 5) is 24.1. The van der Waals surface area contributed by atoms with E-state index in [0.29, 0.717) is 13.0 Å². The Hall–Kier alpha value is -2.90. The second kappa shape index (κ2) is 14.4. The number of aliphatic hydroxyl groups excluding tert-OH is 1. The van der Waals surface area contributed by atoms with Crippen molar-refractivity contribution >= 4 is 11.9 Å². The summed E-state index contributed by atoms with van der Waals surface area (Å²) in [5, 5.41) is 25.8. The van der Waals surface area contributed by atoms with Crippen molar-refractivity contribution in [2.75, 3.05) is 13.7 Å². The lowest BCUT2D eigenvalue weighted by atomic mass is 9.89. The van der Waals surface area contributed by atoms with Crippen LogP contribution in [-0.2, 0) is 16.0 Å². The number of carboxylic acids is 1. The molecular weight excluding hydrogens is 432 g/mol. The molecule has 4 atom stereocenters. The molecule has 7 heteroatoms. The van der Waals surface area contributed by atoms with E-state index in [4.69, 9.17) is 4.74 Å². The summed E-state index contributed by atoms with van der Waals surface area (Å²) in [5.74, 6) is -0.482. The van der Waals surface area contributed by atoms with E-state index in [1.54, 1.807) is 14.0 Å². The van der Waals surface area contributed by atoms with E-state index in [1.807, 2.05) is 54.6 Å². The van der Waals surface area contributed by atoms with Crippen LogP contribution in [0.2, 0.25) is 0 Å². The SMILES string of the molecule is CCC(CC(O)C(C)NC(=O)C(CC(=O)O)NCCCc1ccc(OC)cc1)c1ccccc1. The number of aliphatic hydroxyl groups is 1. The highest BCUT2D eigenvalue weighted by atomic mass is 16.5. The summed E-state index contributed by atoms with van der Waals surface area (Å²) >= 11 is 0. The van der Waals surface area contributed by atoms with Crippen molar-refractivity contribution in [1.29, 1.82) is 0 Å². The Bertz CT molecular complexity index is 872. The van der Waals surface area contributed by atoms with E-state index < -0.39 is 30.1 Å². The van der Waals surface area contributed by atoms with Crippen LogP contribution in [0, 0.1) is 0 Å². The number of methoxy groups -OCH3 is 1. The first-order valence-corrected chi connectivity index (χ1v) is 12.0. The molecule has 0 aliphatic heterocycles. The number of nitrogens with one attached hydrogen (secondary N) is 2. The van der Waals surface area contributed by atoms with Gasteiger partial charge >= 0.3 is 5.97 Å². The van der Waals surface area contributed by atoms with E-state index in [9.17, 15) is 19.8 Å². The molecule has 0 saturated heterocycles. The van der Waals surface area contributed by atoms with Crippen LogP contribution in [0.5, 0.6) is 5.75 Å². The van der Waals surface area contributed by atoms with Crippen molar-refractivity contribution in [2.24, 2.45) is 0 Å². The van der Waals surface area contributed by atoms with Crippen molar-refractivity contribution in [2.45, 2.75) is 70.1 Å². The second-order valence-electron chi connectivity index (χ2n) is 8.67. The van der Waals surface area contributed by atoms with Crippen LogP contribution in [0.25, 0.3) is 0 Å². The predicted octanol–water partition coefficient (Wildman–Crippen LogP) is 3.51. The second-order valence-corrected chi connectivity index (χ2v) is 8.67. The number of hydrogen-bond acceptors (Lipinski definition) is 5. The van der Waals surface area contributed by atoms with E-state index in [1.165, 1.54) is 0 Å². The lowest BCUT2D eigenvalue weighted by Crippen LogP contribution is -2.51. The molecular formula is C27H38N2O5. The molecule has 0 aromatic heterocycles. The summed E-state index contributed by atoms with van der Waals surface area (Å²) in [6, 6.07) is 16.4. The van der Waals surface area contributed by atoms with Gasteiger partial charge in [0.15, 0.2) is 0 Å². The number of carbonyl (C=O) groups excluding carboxylic acids is 1. The van der Waals surface area contributed by atoms with Gasteiger partial charge in [-0.1, -0.05) is 49.4 Å². The Morgan fingerprint density at radius 3 is 2.32 bits per heavy atom. The maximum absolute atomic E-state index is 12.8. The Kier molecular flexibility index (Phi) is 11.6. The number of ether oxygens (including phenoxy) is 1. The van der Waals surface area contributed by atoms with E-state index in [2.05, 4.69) is 17.6 Å². The maximum atomic E-state index is 12.8. The van der Waals surface area contributed by atoms with E-state index >= 15 is 0 Å². The number of carboxylic acid groups (broad SMARTS) is 1. The van der Waals surface area contributed by atoms with Crippen LogP contribution >= 0.6 is 0 Å². The lowest BCUT2D eigenvalue weighted by molar-refractivity contribution is -0.140. The smallest absolute Gasteiger partial charge is 0.305 e. The molecule has 0 radical (unpaired) electrons. The zero-order valence-electron chi connectivity index (χ0n) is 20.4. The van der Waals surface area contributed by atoms with Gasteiger partial charge in [-0.15, -0.1) is 0 Å². The summed E-state index contributed by atoms with van der Waals surface area (Å²) in [5.41, 5.74) is 2.30. The molecule has 34 heavy (non-hydrogen) atoms. The molecule has 4 unspecified atom stereocenters. The summed E-state index contributed by atoms with van der Waals surface area (Å²) in [6.07, 6.45) is 1.88.